The van der Waals surface area contributed by atoms with Crippen LogP contribution in [-0.4, -0.2) is 31.8 Å². The number of aromatic nitrogens is 2. The first-order valence-corrected chi connectivity index (χ1v) is 8.67. The predicted molar refractivity (Wildman–Crippen MR) is 79.1 cm³/mol. The fourth-order valence-corrected chi connectivity index (χ4v) is 4.07. The second kappa shape index (κ2) is 6.98. The van der Waals surface area contributed by atoms with Crippen molar-refractivity contribution in [1.82, 2.24) is 19.8 Å². The minimum Gasteiger partial charge on any atom is -0.316 e. The van der Waals surface area contributed by atoms with Crippen molar-refractivity contribution < 1.29 is 8.42 Å². The summed E-state index contributed by atoms with van der Waals surface area (Å²) in [7, 11) is -1.56. The Morgan fingerprint density at radius 3 is 3.00 bits per heavy atom. The molecule has 0 atom stereocenters. The lowest BCUT2D eigenvalue weighted by Crippen LogP contribution is -2.25. The van der Waals surface area contributed by atoms with Crippen molar-refractivity contribution in [2.45, 2.75) is 23.7 Å². The normalized spacial score (nSPS) is 11.8. The second-order valence-electron chi connectivity index (χ2n) is 4.32. The third-order valence-electron chi connectivity index (χ3n) is 2.69. The highest BCUT2D eigenvalue weighted by atomic mass is 32.2. The molecular formula is C12H18N4O2S2. The van der Waals surface area contributed by atoms with Crippen molar-refractivity contribution in [1.29, 1.82) is 0 Å². The molecule has 0 aliphatic heterocycles. The van der Waals surface area contributed by atoms with Gasteiger partial charge in [-0.1, -0.05) is 0 Å². The molecule has 0 saturated heterocycles. The lowest BCUT2D eigenvalue weighted by molar-refractivity contribution is 0.554. The molecular weight excluding hydrogens is 296 g/mol. The van der Waals surface area contributed by atoms with E-state index in [0.717, 1.165) is 5.56 Å². The standard InChI is InChI=1S/C12H18N4O2S2/c1-13-9-11-8-12(19-10-11)20(17,18)15-5-3-7-16-6-2-4-14-16/h2,4,6,8,10,13,15H,3,5,7,9H2,1H3. The number of rotatable bonds is 8. The van der Waals surface area contributed by atoms with Crippen LogP contribution in [0.1, 0.15) is 12.0 Å². The topological polar surface area (TPSA) is 76.0 Å². The number of thiophene rings is 1. The molecule has 0 bridgehead atoms. The first kappa shape index (κ1) is 15.2. The smallest absolute Gasteiger partial charge is 0.250 e. The number of hydrogen-bond donors (Lipinski definition) is 2. The van der Waals surface area contributed by atoms with Crippen LogP contribution in [0.25, 0.3) is 0 Å². The van der Waals surface area contributed by atoms with E-state index in [1.807, 2.05) is 24.7 Å². The van der Waals surface area contributed by atoms with E-state index in [9.17, 15) is 8.42 Å². The maximum Gasteiger partial charge on any atom is 0.250 e. The third-order valence-corrected chi connectivity index (χ3v) is 5.64. The summed E-state index contributed by atoms with van der Waals surface area (Å²) in [5.41, 5.74) is 0.981. The minimum atomic E-state index is -3.39. The van der Waals surface area contributed by atoms with Crippen LogP contribution in [-0.2, 0) is 23.1 Å². The molecule has 0 aliphatic rings. The van der Waals surface area contributed by atoms with Crippen LogP contribution in [0.4, 0.5) is 0 Å². The van der Waals surface area contributed by atoms with Gasteiger partial charge in [-0.2, -0.15) is 5.10 Å². The van der Waals surface area contributed by atoms with E-state index in [2.05, 4.69) is 15.1 Å². The summed E-state index contributed by atoms with van der Waals surface area (Å²) in [6.07, 6.45) is 4.27. The van der Waals surface area contributed by atoms with Crippen LogP contribution >= 0.6 is 11.3 Å². The Morgan fingerprint density at radius 1 is 1.45 bits per heavy atom. The molecule has 2 aromatic rings. The van der Waals surface area contributed by atoms with Crippen molar-refractivity contribution in [2.24, 2.45) is 0 Å². The highest BCUT2D eigenvalue weighted by Crippen LogP contribution is 2.19. The molecule has 0 aliphatic carbocycles. The van der Waals surface area contributed by atoms with E-state index in [0.29, 0.717) is 30.3 Å². The fourth-order valence-electron chi connectivity index (χ4n) is 1.74. The molecule has 20 heavy (non-hydrogen) atoms. The van der Waals surface area contributed by atoms with Gasteiger partial charge in [0.15, 0.2) is 0 Å². The van der Waals surface area contributed by atoms with Crippen LogP contribution in [0.5, 0.6) is 0 Å². The zero-order valence-electron chi connectivity index (χ0n) is 11.2. The van der Waals surface area contributed by atoms with Gasteiger partial charge in [0.2, 0.25) is 10.0 Å². The van der Waals surface area contributed by atoms with Crippen LogP contribution in [0.15, 0.2) is 34.1 Å². The van der Waals surface area contributed by atoms with Crippen molar-refractivity contribution in [3.63, 3.8) is 0 Å². The lowest BCUT2D eigenvalue weighted by Gasteiger charge is -2.05. The SMILES string of the molecule is CNCc1csc(S(=O)(=O)NCCCn2cccn2)c1. The summed E-state index contributed by atoms with van der Waals surface area (Å²) in [5.74, 6) is 0. The maximum absolute atomic E-state index is 12.1. The van der Waals surface area contributed by atoms with Gasteiger partial charge in [-0.25, -0.2) is 13.1 Å². The predicted octanol–water partition coefficient (Wildman–Crippen LogP) is 1.03. The Bertz CT molecular complexity index is 620. The van der Waals surface area contributed by atoms with Crippen molar-refractivity contribution in [3.05, 3.63) is 35.5 Å². The summed E-state index contributed by atoms with van der Waals surface area (Å²) >= 11 is 1.24. The Kier molecular flexibility index (Phi) is 5.30. The highest BCUT2D eigenvalue weighted by Gasteiger charge is 2.15. The first-order valence-electron chi connectivity index (χ1n) is 6.31. The molecule has 8 heteroatoms. The van der Waals surface area contributed by atoms with Crippen LogP contribution < -0.4 is 10.0 Å². The van der Waals surface area contributed by atoms with Gasteiger partial charge in [-0.05, 0) is 36.5 Å². The maximum atomic E-state index is 12.1. The zero-order chi connectivity index (χ0) is 14.4. The molecule has 2 aromatic heterocycles. The van der Waals surface area contributed by atoms with Gasteiger partial charge in [-0.15, -0.1) is 11.3 Å². The molecule has 0 spiro atoms. The molecule has 0 fully saturated rings. The number of aryl methyl sites for hydroxylation is 1. The molecule has 2 heterocycles. The summed E-state index contributed by atoms with van der Waals surface area (Å²) < 4.78 is 28.9. The molecule has 2 rings (SSSR count). The molecule has 0 saturated carbocycles. The van der Waals surface area contributed by atoms with Gasteiger partial charge in [0.25, 0.3) is 0 Å². The molecule has 2 N–H and O–H groups in total. The lowest BCUT2D eigenvalue weighted by atomic mass is 10.3. The van der Waals surface area contributed by atoms with Crippen molar-refractivity contribution >= 4 is 21.4 Å². The van der Waals surface area contributed by atoms with Crippen LogP contribution in [0, 0.1) is 0 Å². The molecule has 0 aromatic carbocycles. The molecule has 0 unspecified atom stereocenters. The monoisotopic (exact) mass is 314 g/mol. The van der Waals surface area contributed by atoms with Gasteiger partial charge in [-0.3, -0.25) is 4.68 Å². The van der Waals surface area contributed by atoms with Crippen molar-refractivity contribution in [3.8, 4) is 0 Å². The van der Waals surface area contributed by atoms with E-state index < -0.39 is 10.0 Å². The number of hydrogen-bond acceptors (Lipinski definition) is 5. The third kappa shape index (κ3) is 4.14. The average molecular weight is 314 g/mol. The number of sulfonamides is 1. The van der Waals surface area contributed by atoms with Gasteiger partial charge in [0.1, 0.15) is 4.21 Å². The van der Waals surface area contributed by atoms with E-state index in [4.69, 9.17) is 0 Å². The van der Waals surface area contributed by atoms with Gasteiger partial charge >= 0.3 is 0 Å². The quantitative estimate of drug-likeness (QED) is 0.714. The average Bonchev–Trinajstić information content (AvgIpc) is 3.06. The van der Waals surface area contributed by atoms with E-state index >= 15 is 0 Å². The Hall–Kier alpha value is -1.22. The Labute approximate surface area is 122 Å². The fraction of sp³-hybridized carbons (Fsp3) is 0.417. The van der Waals surface area contributed by atoms with Crippen molar-refractivity contribution in [2.75, 3.05) is 13.6 Å². The van der Waals surface area contributed by atoms with E-state index in [-0.39, 0.29) is 0 Å². The largest absolute Gasteiger partial charge is 0.316 e. The summed E-state index contributed by atoms with van der Waals surface area (Å²) in [6.45, 7) is 1.78. The van der Waals surface area contributed by atoms with E-state index in [1.165, 1.54) is 11.3 Å². The minimum absolute atomic E-state index is 0.363. The molecule has 110 valence electrons. The van der Waals surface area contributed by atoms with Gasteiger partial charge in [0.05, 0.1) is 0 Å². The first-order chi connectivity index (χ1) is 9.62. The summed E-state index contributed by atoms with van der Waals surface area (Å²) in [5, 5.41) is 8.92. The summed E-state index contributed by atoms with van der Waals surface area (Å²) in [6, 6.07) is 3.55. The number of nitrogens with one attached hydrogen (secondary N) is 2. The second-order valence-corrected chi connectivity index (χ2v) is 7.23. The highest BCUT2D eigenvalue weighted by molar-refractivity contribution is 7.91. The summed E-state index contributed by atoms with van der Waals surface area (Å²) in [4.78, 5) is 0. The van der Waals surface area contributed by atoms with Crippen LogP contribution in [0.2, 0.25) is 0 Å². The Balaban J connectivity index is 1.83. The molecule has 6 nitrogen and oxygen atoms in total. The molecule has 0 amide bonds. The van der Waals surface area contributed by atoms with E-state index in [1.54, 1.807) is 16.9 Å². The zero-order valence-corrected chi connectivity index (χ0v) is 12.9. The van der Waals surface area contributed by atoms with Crippen LogP contribution in [0.3, 0.4) is 0 Å². The Morgan fingerprint density at radius 2 is 2.30 bits per heavy atom. The van der Waals surface area contributed by atoms with Gasteiger partial charge in [0, 0.05) is 32.0 Å². The number of nitrogens with zero attached hydrogens (tertiary/aromatic N) is 2. The van der Waals surface area contributed by atoms with Gasteiger partial charge < -0.3 is 5.32 Å². The molecule has 0 radical (unpaired) electrons.